The van der Waals surface area contributed by atoms with E-state index in [-0.39, 0.29) is 12.5 Å². The molecule has 0 radical (unpaired) electrons. The summed E-state index contributed by atoms with van der Waals surface area (Å²) in [6.07, 6.45) is 1.62. The van der Waals surface area contributed by atoms with E-state index in [9.17, 15) is 4.79 Å². The third-order valence-corrected chi connectivity index (χ3v) is 1.93. The Labute approximate surface area is 101 Å². The summed E-state index contributed by atoms with van der Waals surface area (Å²) in [4.78, 5) is 11.3. The normalized spacial score (nSPS) is 9.47. The van der Waals surface area contributed by atoms with Crippen molar-refractivity contribution in [2.75, 3.05) is 19.8 Å². The fourth-order valence-electron chi connectivity index (χ4n) is 1.21. The number of carbonyl (C=O) groups is 1. The van der Waals surface area contributed by atoms with Gasteiger partial charge in [0.15, 0.2) is 6.61 Å². The van der Waals surface area contributed by atoms with Crippen LogP contribution in [0.25, 0.3) is 0 Å². The van der Waals surface area contributed by atoms with E-state index in [2.05, 4.69) is 11.9 Å². The van der Waals surface area contributed by atoms with Crippen LogP contribution in [-0.2, 0) is 4.79 Å². The van der Waals surface area contributed by atoms with E-state index < -0.39 is 0 Å². The Bertz CT molecular complexity index is 377. The quantitative estimate of drug-likeness (QED) is 0.733. The van der Waals surface area contributed by atoms with Gasteiger partial charge < -0.3 is 14.8 Å². The molecule has 0 aromatic heterocycles. The van der Waals surface area contributed by atoms with Gasteiger partial charge in [-0.1, -0.05) is 12.1 Å². The van der Waals surface area contributed by atoms with Gasteiger partial charge in [-0.15, -0.1) is 6.58 Å². The van der Waals surface area contributed by atoms with E-state index >= 15 is 0 Å². The smallest absolute Gasteiger partial charge is 0.258 e. The van der Waals surface area contributed by atoms with E-state index in [1.807, 2.05) is 19.1 Å². The van der Waals surface area contributed by atoms with Gasteiger partial charge in [-0.2, -0.15) is 0 Å². The van der Waals surface area contributed by atoms with Gasteiger partial charge in [-0.05, 0) is 19.1 Å². The predicted molar refractivity (Wildman–Crippen MR) is 66.3 cm³/mol. The summed E-state index contributed by atoms with van der Waals surface area (Å²) in [5, 5.41) is 2.63. The molecule has 4 heteroatoms. The zero-order valence-corrected chi connectivity index (χ0v) is 9.94. The number of amides is 1. The van der Waals surface area contributed by atoms with Crippen LogP contribution in [0.2, 0.25) is 0 Å². The van der Waals surface area contributed by atoms with Crippen LogP contribution in [0.1, 0.15) is 6.92 Å². The summed E-state index contributed by atoms with van der Waals surface area (Å²) in [6, 6.07) is 7.20. The third-order valence-electron chi connectivity index (χ3n) is 1.93. The molecule has 0 bridgehead atoms. The molecule has 0 saturated heterocycles. The Balaban J connectivity index is 2.42. The molecule has 0 saturated carbocycles. The molecular weight excluding hydrogens is 218 g/mol. The molecule has 0 unspecified atom stereocenters. The minimum absolute atomic E-state index is 0.0105. The molecule has 1 aromatic rings. The van der Waals surface area contributed by atoms with Gasteiger partial charge in [0, 0.05) is 12.6 Å². The van der Waals surface area contributed by atoms with E-state index in [4.69, 9.17) is 9.47 Å². The molecule has 1 rings (SSSR count). The van der Waals surface area contributed by atoms with Crippen LogP contribution in [0.3, 0.4) is 0 Å². The number of ether oxygens (including phenoxy) is 2. The van der Waals surface area contributed by atoms with Crippen LogP contribution in [-0.4, -0.2) is 25.7 Å². The average molecular weight is 235 g/mol. The first-order chi connectivity index (χ1) is 8.26. The summed E-state index contributed by atoms with van der Waals surface area (Å²) < 4.78 is 10.6. The summed E-state index contributed by atoms with van der Waals surface area (Å²) in [5.41, 5.74) is 0. The molecule has 0 fully saturated rings. The molecule has 1 amide bonds. The van der Waals surface area contributed by atoms with Crippen molar-refractivity contribution in [3.63, 3.8) is 0 Å². The summed E-state index contributed by atoms with van der Waals surface area (Å²) >= 11 is 0. The lowest BCUT2D eigenvalue weighted by molar-refractivity contribution is -0.122. The molecule has 92 valence electrons. The maximum Gasteiger partial charge on any atom is 0.258 e. The monoisotopic (exact) mass is 235 g/mol. The second kappa shape index (κ2) is 7.33. The minimum Gasteiger partial charge on any atom is -0.494 e. The first-order valence-electron chi connectivity index (χ1n) is 5.49. The lowest BCUT2D eigenvalue weighted by Gasteiger charge is -2.08. The first kappa shape index (κ1) is 13.1. The average Bonchev–Trinajstić information content (AvgIpc) is 2.35. The number of hydrogen-bond acceptors (Lipinski definition) is 3. The van der Waals surface area contributed by atoms with Crippen LogP contribution >= 0.6 is 0 Å². The fraction of sp³-hybridized carbons (Fsp3) is 0.308. The maximum absolute atomic E-state index is 11.3. The highest BCUT2D eigenvalue weighted by Crippen LogP contribution is 2.19. The highest BCUT2D eigenvalue weighted by molar-refractivity contribution is 5.77. The fourth-order valence-corrected chi connectivity index (χ4v) is 1.21. The SMILES string of the molecule is C=CCNC(=O)COc1cccc(OCC)c1. The van der Waals surface area contributed by atoms with Crippen molar-refractivity contribution in [1.29, 1.82) is 0 Å². The van der Waals surface area contributed by atoms with Crippen LogP contribution < -0.4 is 14.8 Å². The number of nitrogens with one attached hydrogen (secondary N) is 1. The van der Waals surface area contributed by atoms with E-state index in [0.717, 1.165) is 5.75 Å². The van der Waals surface area contributed by atoms with Crippen molar-refractivity contribution in [3.8, 4) is 11.5 Å². The molecule has 0 atom stereocenters. The lowest BCUT2D eigenvalue weighted by atomic mass is 10.3. The Hall–Kier alpha value is -1.97. The molecule has 0 aliphatic rings. The molecule has 0 aliphatic heterocycles. The molecule has 0 spiro atoms. The van der Waals surface area contributed by atoms with Crippen LogP contribution in [0.4, 0.5) is 0 Å². The van der Waals surface area contributed by atoms with Crippen LogP contribution in [0.15, 0.2) is 36.9 Å². The Morgan fingerprint density at radius 2 is 2.12 bits per heavy atom. The van der Waals surface area contributed by atoms with Crippen molar-refractivity contribution in [2.24, 2.45) is 0 Å². The van der Waals surface area contributed by atoms with Crippen LogP contribution in [0, 0.1) is 0 Å². The molecule has 1 aromatic carbocycles. The first-order valence-corrected chi connectivity index (χ1v) is 5.49. The molecular formula is C13H17NO3. The Morgan fingerprint density at radius 3 is 2.76 bits per heavy atom. The minimum atomic E-state index is -0.174. The second-order valence-corrected chi connectivity index (χ2v) is 3.29. The standard InChI is InChI=1S/C13H17NO3/c1-3-8-14-13(15)10-17-12-7-5-6-11(9-12)16-4-2/h3,5-7,9H,1,4,8,10H2,2H3,(H,14,15). The van der Waals surface area contributed by atoms with Gasteiger partial charge in [0.2, 0.25) is 0 Å². The number of hydrogen-bond donors (Lipinski definition) is 1. The van der Waals surface area contributed by atoms with Crippen molar-refractivity contribution in [1.82, 2.24) is 5.32 Å². The molecule has 4 nitrogen and oxygen atoms in total. The van der Waals surface area contributed by atoms with E-state index in [1.54, 1.807) is 18.2 Å². The van der Waals surface area contributed by atoms with E-state index in [1.165, 1.54) is 0 Å². The van der Waals surface area contributed by atoms with Gasteiger partial charge >= 0.3 is 0 Å². The number of carbonyl (C=O) groups excluding carboxylic acids is 1. The highest BCUT2D eigenvalue weighted by atomic mass is 16.5. The van der Waals surface area contributed by atoms with Crippen molar-refractivity contribution in [2.45, 2.75) is 6.92 Å². The summed E-state index contributed by atoms with van der Waals surface area (Å²) in [7, 11) is 0. The zero-order valence-electron chi connectivity index (χ0n) is 9.94. The van der Waals surface area contributed by atoms with Gasteiger partial charge in [0.1, 0.15) is 11.5 Å². The van der Waals surface area contributed by atoms with Gasteiger partial charge in [0.05, 0.1) is 6.61 Å². The Kier molecular flexibility index (Phi) is 5.64. The largest absolute Gasteiger partial charge is 0.494 e. The maximum atomic E-state index is 11.3. The third kappa shape index (κ3) is 5.06. The van der Waals surface area contributed by atoms with E-state index in [0.29, 0.717) is 18.9 Å². The predicted octanol–water partition coefficient (Wildman–Crippen LogP) is 1.77. The Morgan fingerprint density at radius 1 is 1.41 bits per heavy atom. The zero-order chi connectivity index (χ0) is 12.5. The molecule has 0 aliphatic carbocycles. The van der Waals surface area contributed by atoms with Crippen molar-refractivity contribution < 1.29 is 14.3 Å². The molecule has 17 heavy (non-hydrogen) atoms. The van der Waals surface area contributed by atoms with Gasteiger partial charge in [0.25, 0.3) is 5.91 Å². The summed E-state index contributed by atoms with van der Waals surface area (Å²) in [5.74, 6) is 1.17. The van der Waals surface area contributed by atoms with Crippen molar-refractivity contribution in [3.05, 3.63) is 36.9 Å². The van der Waals surface area contributed by atoms with Gasteiger partial charge in [-0.25, -0.2) is 0 Å². The number of benzene rings is 1. The number of rotatable bonds is 7. The van der Waals surface area contributed by atoms with Gasteiger partial charge in [-0.3, -0.25) is 4.79 Å². The van der Waals surface area contributed by atoms with Crippen molar-refractivity contribution >= 4 is 5.91 Å². The van der Waals surface area contributed by atoms with Crippen LogP contribution in [0.5, 0.6) is 11.5 Å². The topological polar surface area (TPSA) is 47.6 Å². The highest BCUT2D eigenvalue weighted by Gasteiger charge is 2.02. The second-order valence-electron chi connectivity index (χ2n) is 3.29. The molecule has 1 N–H and O–H groups in total. The lowest BCUT2D eigenvalue weighted by Crippen LogP contribution is -2.28. The summed E-state index contributed by atoms with van der Waals surface area (Å²) in [6.45, 7) is 6.46. The molecule has 0 heterocycles.